The third-order valence-electron chi connectivity index (χ3n) is 5.10. The van der Waals surface area contributed by atoms with Gasteiger partial charge in [0.2, 0.25) is 5.95 Å². The van der Waals surface area contributed by atoms with Crippen molar-refractivity contribution in [2.24, 2.45) is 0 Å². The number of aromatic nitrogens is 2. The number of rotatable bonds is 5. The van der Waals surface area contributed by atoms with Gasteiger partial charge in [0, 0.05) is 45.1 Å². The van der Waals surface area contributed by atoms with Gasteiger partial charge in [-0.15, -0.1) is 0 Å². The summed E-state index contributed by atoms with van der Waals surface area (Å²) in [5.41, 5.74) is 2.22. The first-order chi connectivity index (χ1) is 13.8. The van der Waals surface area contributed by atoms with E-state index in [1.807, 2.05) is 54.5 Å². The van der Waals surface area contributed by atoms with Crippen LogP contribution >= 0.6 is 0 Å². The molecule has 6 nitrogen and oxygen atoms in total. The van der Waals surface area contributed by atoms with Crippen LogP contribution < -0.4 is 19.4 Å². The molecule has 1 aliphatic rings. The molecule has 0 saturated carbocycles. The van der Waals surface area contributed by atoms with Crippen LogP contribution in [0.2, 0.25) is 0 Å². The van der Waals surface area contributed by atoms with E-state index in [1.54, 1.807) is 7.11 Å². The van der Waals surface area contributed by atoms with Gasteiger partial charge < -0.3 is 19.4 Å². The normalized spacial score (nSPS) is 14.1. The average Bonchev–Trinajstić information content (AvgIpc) is 2.79. The van der Waals surface area contributed by atoms with Crippen LogP contribution in [-0.2, 0) is 0 Å². The molecule has 1 aliphatic heterocycles. The van der Waals surface area contributed by atoms with E-state index in [-0.39, 0.29) is 0 Å². The molecule has 0 amide bonds. The predicted octanol–water partition coefficient (Wildman–Crippen LogP) is 3.58. The average molecular weight is 375 g/mol. The lowest BCUT2D eigenvalue weighted by atomic mass is 10.2. The van der Waals surface area contributed by atoms with Crippen LogP contribution in [0.4, 0.5) is 23.1 Å². The topological polar surface area (TPSA) is 44.7 Å². The largest absolute Gasteiger partial charge is 0.495 e. The van der Waals surface area contributed by atoms with E-state index in [4.69, 9.17) is 9.72 Å². The molecule has 2 heterocycles. The quantitative estimate of drug-likeness (QED) is 0.679. The van der Waals surface area contributed by atoms with Gasteiger partial charge in [0.05, 0.1) is 12.8 Å². The lowest BCUT2D eigenvalue weighted by molar-refractivity contribution is 0.413. The van der Waals surface area contributed by atoms with Crippen LogP contribution in [0.3, 0.4) is 0 Å². The maximum atomic E-state index is 5.51. The summed E-state index contributed by atoms with van der Waals surface area (Å²) in [6.07, 6.45) is 1.84. The van der Waals surface area contributed by atoms with Crippen molar-refractivity contribution in [3.63, 3.8) is 0 Å². The standard InChI is InChI=1S/C22H25N5O/c1-25(18-8-4-3-5-9-18)22-23-13-12-21(24-22)27-16-14-26(15-17-27)19-10-6-7-11-20(19)28-2/h3-13H,14-17H2,1-2H3. The number of anilines is 4. The van der Waals surface area contributed by atoms with Crippen molar-refractivity contribution in [1.82, 2.24) is 9.97 Å². The number of para-hydroxylation sites is 3. The zero-order chi connectivity index (χ0) is 19.3. The Balaban J connectivity index is 1.47. The van der Waals surface area contributed by atoms with Crippen LogP contribution in [0, 0.1) is 0 Å². The number of benzene rings is 2. The molecule has 3 aromatic rings. The van der Waals surface area contributed by atoms with Gasteiger partial charge in [-0.05, 0) is 30.3 Å². The second kappa shape index (κ2) is 8.17. The molecule has 1 saturated heterocycles. The summed E-state index contributed by atoms with van der Waals surface area (Å²) >= 11 is 0. The first kappa shape index (κ1) is 18.1. The zero-order valence-electron chi connectivity index (χ0n) is 16.3. The van der Waals surface area contributed by atoms with Crippen LogP contribution in [0.5, 0.6) is 5.75 Å². The first-order valence-corrected chi connectivity index (χ1v) is 9.51. The van der Waals surface area contributed by atoms with Crippen molar-refractivity contribution >= 4 is 23.1 Å². The Bertz CT molecular complexity index is 910. The van der Waals surface area contributed by atoms with Gasteiger partial charge in [-0.25, -0.2) is 4.98 Å². The molecule has 1 fully saturated rings. The number of hydrogen-bond acceptors (Lipinski definition) is 6. The molecular weight excluding hydrogens is 350 g/mol. The van der Waals surface area contributed by atoms with E-state index in [2.05, 4.69) is 39.0 Å². The predicted molar refractivity (Wildman–Crippen MR) is 114 cm³/mol. The third kappa shape index (κ3) is 3.71. The Labute approximate surface area is 166 Å². The molecule has 144 valence electrons. The Kier molecular flexibility index (Phi) is 5.28. The molecular formula is C22H25N5O. The van der Waals surface area contributed by atoms with Crippen molar-refractivity contribution in [2.45, 2.75) is 0 Å². The van der Waals surface area contributed by atoms with E-state index < -0.39 is 0 Å². The van der Waals surface area contributed by atoms with Gasteiger partial charge in [0.15, 0.2) is 0 Å². The fraction of sp³-hybridized carbons (Fsp3) is 0.273. The second-order valence-corrected chi connectivity index (χ2v) is 6.76. The Morgan fingerprint density at radius 1 is 0.857 bits per heavy atom. The molecule has 1 aromatic heterocycles. The van der Waals surface area contributed by atoms with E-state index in [9.17, 15) is 0 Å². The minimum absolute atomic E-state index is 0.704. The molecule has 4 rings (SSSR count). The SMILES string of the molecule is COc1ccccc1N1CCN(c2ccnc(N(C)c3ccccc3)n2)CC1. The molecule has 0 spiro atoms. The Morgan fingerprint density at radius 2 is 1.54 bits per heavy atom. The van der Waals surface area contributed by atoms with Crippen LogP contribution in [0.15, 0.2) is 66.9 Å². The molecule has 0 radical (unpaired) electrons. The highest BCUT2D eigenvalue weighted by Gasteiger charge is 2.21. The maximum absolute atomic E-state index is 5.51. The summed E-state index contributed by atoms with van der Waals surface area (Å²) in [7, 11) is 3.72. The summed E-state index contributed by atoms with van der Waals surface area (Å²) in [6, 6.07) is 20.3. The fourth-order valence-corrected chi connectivity index (χ4v) is 3.51. The molecule has 0 atom stereocenters. The summed E-state index contributed by atoms with van der Waals surface area (Å²) in [5.74, 6) is 2.59. The number of hydrogen-bond donors (Lipinski definition) is 0. The summed E-state index contributed by atoms with van der Waals surface area (Å²) in [6.45, 7) is 3.66. The van der Waals surface area contributed by atoms with Crippen molar-refractivity contribution in [3.05, 3.63) is 66.9 Å². The lowest BCUT2D eigenvalue weighted by Crippen LogP contribution is -2.47. The second-order valence-electron chi connectivity index (χ2n) is 6.76. The summed E-state index contributed by atoms with van der Waals surface area (Å²) < 4.78 is 5.51. The van der Waals surface area contributed by atoms with Gasteiger partial charge in [-0.3, -0.25) is 0 Å². The van der Waals surface area contributed by atoms with E-state index in [0.717, 1.165) is 49.1 Å². The minimum Gasteiger partial charge on any atom is -0.495 e. The molecule has 2 aromatic carbocycles. The van der Waals surface area contributed by atoms with Gasteiger partial charge in [0.1, 0.15) is 11.6 Å². The minimum atomic E-state index is 0.704. The van der Waals surface area contributed by atoms with Crippen molar-refractivity contribution in [3.8, 4) is 5.75 Å². The highest BCUT2D eigenvalue weighted by atomic mass is 16.5. The number of nitrogens with zero attached hydrogens (tertiary/aromatic N) is 5. The van der Waals surface area contributed by atoms with Crippen LogP contribution in [0.25, 0.3) is 0 Å². The Hall–Kier alpha value is -3.28. The van der Waals surface area contributed by atoms with Gasteiger partial charge in [0.25, 0.3) is 0 Å². The lowest BCUT2D eigenvalue weighted by Gasteiger charge is -2.37. The summed E-state index contributed by atoms with van der Waals surface area (Å²) in [5, 5.41) is 0. The molecule has 0 aliphatic carbocycles. The van der Waals surface area contributed by atoms with Crippen molar-refractivity contribution in [2.75, 3.05) is 55.0 Å². The summed E-state index contributed by atoms with van der Waals surface area (Å²) in [4.78, 5) is 16.0. The molecule has 6 heteroatoms. The number of piperazine rings is 1. The van der Waals surface area contributed by atoms with Crippen molar-refractivity contribution in [1.29, 1.82) is 0 Å². The van der Waals surface area contributed by atoms with E-state index in [0.29, 0.717) is 5.95 Å². The van der Waals surface area contributed by atoms with Crippen LogP contribution in [0.1, 0.15) is 0 Å². The van der Waals surface area contributed by atoms with Gasteiger partial charge in [-0.1, -0.05) is 30.3 Å². The van der Waals surface area contributed by atoms with E-state index >= 15 is 0 Å². The molecule has 0 bridgehead atoms. The molecule has 0 N–H and O–H groups in total. The maximum Gasteiger partial charge on any atom is 0.231 e. The molecule has 28 heavy (non-hydrogen) atoms. The Morgan fingerprint density at radius 3 is 2.29 bits per heavy atom. The zero-order valence-corrected chi connectivity index (χ0v) is 16.3. The van der Waals surface area contributed by atoms with E-state index in [1.165, 1.54) is 0 Å². The van der Waals surface area contributed by atoms with Crippen LogP contribution in [-0.4, -0.2) is 50.3 Å². The molecule has 0 unspecified atom stereocenters. The third-order valence-corrected chi connectivity index (χ3v) is 5.10. The van der Waals surface area contributed by atoms with Gasteiger partial charge >= 0.3 is 0 Å². The number of ether oxygens (including phenoxy) is 1. The highest BCUT2D eigenvalue weighted by Crippen LogP contribution is 2.29. The van der Waals surface area contributed by atoms with Gasteiger partial charge in [-0.2, -0.15) is 4.98 Å². The van der Waals surface area contributed by atoms with Crippen molar-refractivity contribution < 1.29 is 4.74 Å². The number of methoxy groups -OCH3 is 1. The first-order valence-electron chi connectivity index (χ1n) is 9.51. The fourth-order valence-electron chi connectivity index (χ4n) is 3.51. The highest BCUT2D eigenvalue weighted by molar-refractivity contribution is 5.60. The smallest absolute Gasteiger partial charge is 0.231 e. The monoisotopic (exact) mass is 375 g/mol.